The summed E-state index contributed by atoms with van der Waals surface area (Å²) in [5.41, 5.74) is 2.46. The zero-order valence-corrected chi connectivity index (χ0v) is 12.0. The van der Waals surface area contributed by atoms with Gasteiger partial charge in [-0.15, -0.1) is 0 Å². The molecule has 0 saturated heterocycles. The second-order valence-electron chi connectivity index (χ2n) is 5.36. The average molecular weight is 280 g/mol. The molecule has 0 unspecified atom stereocenters. The van der Waals surface area contributed by atoms with E-state index >= 15 is 0 Å². The highest BCUT2D eigenvalue weighted by atomic mass is 16.1. The van der Waals surface area contributed by atoms with Crippen LogP contribution in [0.1, 0.15) is 41.4 Å². The molecule has 0 atom stereocenters. The molecule has 0 fully saturated rings. The van der Waals surface area contributed by atoms with Crippen LogP contribution in [-0.2, 0) is 0 Å². The first kappa shape index (κ1) is 13.4. The summed E-state index contributed by atoms with van der Waals surface area (Å²) in [7, 11) is 0. The number of aromatic nitrogens is 2. The molecule has 3 aromatic rings. The van der Waals surface area contributed by atoms with Gasteiger partial charge in [0.2, 0.25) is 0 Å². The third-order valence-electron chi connectivity index (χ3n) is 3.56. The molecule has 2 heterocycles. The Morgan fingerprint density at radius 1 is 1.10 bits per heavy atom. The summed E-state index contributed by atoms with van der Waals surface area (Å²) < 4.78 is 1.51. The van der Waals surface area contributed by atoms with Crippen molar-refractivity contribution in [3.05, 3.63) is 75.8 Å². The largest absolute Gasteiger partial charge is 0.343 e. The van der Waals surface area contributed by atoms with Crippen molar-refractivity contribution in [1.82, 2.24) is 9.38 Å². The van der Waals surface area contributed by atoms with E-state index in [4.69, 9.17) is 0 Å². The van der Waals surface area contributed by atoms with Gasteiger partial charge in [-0.3, -0.25) is 14.0 Å². The molecule has 0 bridgehead atoms. The number of rotatable bonds is 3. The normalized spacial score (nSPS) is 11.2. The monoisotopic (exact) mass is 280 g/mol. The Kier molecular flexibility index (Phi) is 3.22. The van der Waals surface area contributed by atoms with Gasteiger partial charge in [-0.1, -0.05) is 44.2 Å². The number of ketones is 1. The Bertz CT molecular complexity index is 857. The van der Waals surface area contributed by atoms with Crippen LogP contribution in [0.2, 0.25) is 0 Å². The maximum atomic E-state index is 12.6. The van der Waals surface area contributed by atoms with Crippen molar-refractivity contribution in [2.45, 2.75) is 19.8 Å². The van der Waals surface area contributed by atoms with E-state index in [-0.39, 0.29) is 17.3 Å². The van der Waals surface area contributed by atoms with Crippen LogP contribution in [-0.4, -0.2) is 15.2 Å². The van der Waals surface area contributed by atoms with Gasteiger partial charge in [0.1, 0.15) is 5.65 Å². The molecule has 0 aliphatic carbocycles. The summed E-state index contributed by atoms with van der Waals surface area (Å²) in [6.07, 6.45) is 1.77. The van der Waals surface area contributed by atoms with E-state index in [9.17, 15) is 9.59 Å². The Balaban J connectivity index is 2.22. The predicted molar refractivity (Wildman–Crippen MR) is 82.0 cm³/mol. The van der Waals surface area contributed by atoms with Gasteiger partial charge in [-0.25, -0.2) is 0 Å². The number of imidazole rings is 1. The van der Waals surface area contributed by atoms with E-state index < -0.39 is 0 Å². The van der Waals surface area contributed by atoms with E-state index in [1.807, 2.05) is 32.0 Å². The van der Waals surface area contributed by atoms with Crippen molar-refractivity contribution in [3.8, 4) is 0 Å². The molecule has 0 aliphatic rings. The fraction of sp³-hybridized carbons (Fsp3) is 0.176. The molecule has 0 spiro atoms. The zero-order chi connectivity index (χ0) is 15.0. The molecule has 3 rings (SSSR count). The first-order valence-corrected chi connectivity index (χ1v) is 6.92. The lowest BCUT2D eigenvalue weighted by Gasteiger charge is -2.03. The fourth-order valence-electron chi connectivity index (χ4n) is 2.34. The van der Waals surface area contributed by atoms with Crippen molar-refractivity contribution in [1.29, 1.82) is 0 Å². The molecule has 21 heavy (non-hydrogen) atoms. The van der Waals surface area contributed by atoms with Gasteiger partial charge in [0.15, 0.2) is 5.78 Å². The van der Waals surface area contributed by atoms with Gasteiger partial charge < -0.3 is 4.98 Å². The van der Waals surface area contributed by atoms with Crippen LogP contribution < -0.4 is 5.56 Å². The molecule has 0 saturated carbocycles. The van der Waals surface area contributed by atoms with E-state index in [1.165, 1.54) is 10.5 Å². The summed E-state index contributed by atoms with van der Waals surface area (Å²) in [6.45, 7) is 4.07. The van der Waals surface area contributed by atoms with E-state index in [0.29, 0.717) is 16.8 Å². The highest BCUT2D eigenvalue weighted by Gasteiger charge is 2.16. The number of nitrogens with zero attached hydrogens (tertiary/aromatic N) is 1. The van der Waals surface area contributed by atoms with Crippen LogP contribution in [0, 0.1) is 0 Å². The van der Waals surface area contributed by atoms with Crippen molar-refractivity contribution >= 4 is 11.4 Å². The van der Waals surface area contributed by atoms with Gasteiger partial charge in [0.25, 0.3) is 5.56 Å². The second-order valence-corrected chi connectivity index (χ2v) is 5.36. The molecule has 4 heteroatoms. The van der Waals surface area contributed by atoms with E-state index in [0.717, 1.165) is 5.69 Å². The number of fused-ring (bicyclic) bond motifs is 1. The summed E-state index contributed by atoms with van der Waals surface area (Å²) >= 11 is 0. The van der Waals surface area contributed by atoms with Crippen molar-refractivity contribution in [3.63, 3.8) is 0 Å². The first-order valence-electron chi connectivity index (χ1n) is 6.92. The Morgan fingerprint density at radius 3 is 2.48 bits per heavy atom. The maximum absolute atomic E-state index is 12.6. The number of hydrogen-bond donors (Lipinski definition) is 1. The van der Waals surface area contributed by atoms with Crippen molar-refractivity contribution < 1.29 is 4.79 Å². The standard InChI is InChI=1S/C17H16N2O2/c1-11(2)14-10-19-15(20)9-8-13(17(19)18-14)16(21)12-6-4-3-5-7-12/h3-11,18H,1-2H3. The van der Waals surface area contributed by atoms with Crippen LogP contribution in [0.3, 0.4) is 0 Å². The Labute approximate surface area is 122 Å². The highest BCUT2D eigenvalue weighted by molar-refractivity contribution is 6.12. The lowest BCUT2D eigenvalue weighted by molar-refractivity contribution is 0.104. The summed E-state index contributed by atoms with van der Waals surface area (Å²) in [5.74, 6) is 0.161. The number of nitrogens with one attached hydrogen (secondary N) is 1. The molecule has 1 N–H and O–H groups in total. The quantitative estimate of drug-likeness (QED) is 0.750. The van der Waals surface area contributed by atoms with E-state index in [2.05, 4.69) is 4.98 Å². The number of hydrogen-bond acceptors (Lipinski definition) is 2. The van der Waals surface area contributed by atoms with Crippen LogP contribution in [0.4, 0.5) is 0 Å². The number of carbonyl (C=O) groups is 1. The molecule has 0 radical (unpaired) electrons. The van der Waals surface area contributed by atoms with Crippen molar-refractivity contribution in [2.24, 2.45) is 0 Å². The SMILES string of the molecule is CC(C)c1cn2c(=O)ccc(C(=O)c3ccccc3)c2[nH]1. The van der Waals surface area contributed by atoms with E-state index in [1.54, 1.807) is 24.4 Å². The lowest BCUT2D eigenvalue weighted by atomic mass is 10.0. The van der Waals surface area contributed by atoms with Crippen LogP contribution in [0.15, 0.2) is 53.5 Å². The van der Waals surface area contributed by atoms with Crippen LogP contribution >= 0.6 is 0 Å². The van der Waals surface area contributed by atoms with Gasteiger partial charge >= 0.3 is 0 Å². The third-order valence-corrected chi connectivity index (χ3v) is 3.56. The molecule has 2 aromatic heterocycles. The summed E-state index contributed by atoms with van der Waals surface area (Å²) in [6, 6.07) is 12.1. The summed E-state index contributed by atoms with van der Waals surface area (Å²) in [5, 5.41) is 0. The molecule has 106 valence electrons. The number of benzene rings is 1. The van der Waals surface area contributed by atoms with Crippen LogP contribution in [0.5, 0.6) is 0 Å². The molecular weight excluding hydrogens is 264 g/mol. The minimum Gasteiger partial charge on any atom is -0.343 e. The van der Waals surface area contributed by atoms with Gasteiger partial charge in [-0.2, -0.15) is 0 Å². The number of H-pyrrole nitrogens is 1. The highest BCUT2D eigenvalue weighted by Crippen LogP contribution is 2.18. The molecule has 1 aromatic carbocycles. The molecule has 0 aliphatic heterocycles. The maximum Gasteiger partial charge on any atom is 0.256 e. The summed E-state index contributed by atoms with van der Waals surface area (Å²) in [4.78, 5) is 27.8. The topological polar surface area (TPSA) is 54.3 Å². The van der Waals surface area contributed by atoms with Crippen molar-refractivity contribution in [2.75, 3.05) is 0 Å². The predicted octanol–water partition coefficient (Wildman–Crippen LogP) is 2.98. The Morgan fingerprint density at radius 2 is 1.81 bits per heavy atom. The molecule has 0 amide bonds. The van der Waals surface area contributed by atoms with Crippen LogP contribution in [0.25, 0.3) is 5.65 Å². The smallest absolute Gasteiger partial charge is 0.256 e. The number of aromatic amines is 1. The lowest BCUT2D eigenvalue weighted by Crippen LogP contribution is -2.14. The number of carbonyl (C=O) groups excluding carboxylic acids is 1. The first-order chi connectivity index (χ1) is 10.1. The minimum absolute atomic E-state index is 0.0924. The average Bonchev–Trinajstić information content (AvgIpc) is 2.94. The third kappa shape index (κ3) is 2.29. The fourth-order valence-corrected chi connectivity index (χ4v) is 2.34. The Hall–Kier alpha value is -2.62. The molecular formula is C17H16N2O2. The molecule has 4 nitrogen and oxygen atoms in total. The van der Waals surface area contributed by atoms with Gasteiger partial charge in [0.05, 0.1) is 5.56 Å². The van der Waals surface area contributed by atoms with Gasteiger partial charge in [-0.05, 0) is 12.0 Å². The van der Waals surface area contributed by atoms with Gasteiger partial charge in [0, 0.05) is 23.5 Å². The number of pyridine rings is 1. The second kappa shape index (κ2) is 5.05. The minimum atomic E-state index is -0.141. The zero-order valence-electron chi connectivity index (χ0n) is 12.0.